The van der Waals surface area contributed by atoms with Crippen molar-refractivity contribution >= 4 is 0 Å². The standard InChI is InChI=1S/C12H21NO2/c13-11(9-12-14-7-8-15-12)10-5-3-1-2-4-6-10/h5,11-12H,1-4,6-9,13H2. The summed E-state index contributed by atoms with van der Waals surface area (Å²) in [5, 5.41) is 0. The van der Waals surface area contributed by atoms with E-state index in [0.29, 0.717) is 0 Å². The summed E-state index contributed by atoms with van der Waals surface area (Å²) in [6.45, 7) is 1.44. The number of ether oxygens (including phenoxy) is 2. The molecule has 1 aliphatic carbocycles. The molecule has 1 heterocycles. The molecule has 2 aliphatic rings. The molecule has 0 amide bonds. The van der Waals surface area contributed by atoms with Gasteiger partial charge in [-0.05, 0) is 25.7 Å². The van der Waals surface area contributed by atoms with Gasteiger partial charge in [-0.2, -0.15) is 0 Å². The van der Waals surface area contributed by atoms with Crippen molar-refractivity contribution < 1.29 is 9.47 Å². The maximum absolute atomic E-state index is 6.17. The Labute approximate surface area is 91.6 Å². The van der Waals surface area contributed by atoms with Crippen molar-refractivity contribution in [2.45, 2.75) is 50.9 Å². The van der Waals surface area contributed by atoms with Gasteiger partial charge < -0.3 is 15.2 Å². The Hall–Kier alpha value is -0.380. The van der Waals surface area contributed by atoms with E-state index in [1.54, 1.807) is 0 Å². The van der Waals surface area contributed by atoms with Crippen LogP contribution >= 0.6 is 0 Å². The Bertz CT molecular complexity index is 222. The first-order chi connectivity index (χ1) is 7.36. The molecule has 0 radical (unpaired) electrons. The minimum atomic E-state index is -0.0656. The van der Waals surface area contributed by atoms with Crippen LogP contribution in [0.15, 0.2) is 11.6 Å². The van der Waals surface area contributed by atoms with Crippen LogP contribution in [0.2, 0.25) is 0 Å². The normalized spacial score (nSPS) is 26.1. The molecule has 0 spiro atoms. The van der Waals surface area contributed by atoms with E-state index in [9.17, 15) is 0 Å². The second-order valence-electron chi connectivity index (χ2n) is 4.39. The van der Waals surface area contributed by atoms with Gasteiger partial charge in [0.05, 0.1) is 13.2 Å². The van der Waals surface area contributed by atoms with Crippen LogP contribution in [0.25, 0.3) is 0 Å². The lowest BCUT2D eigenvalue weighted by Crippen LogP contribution is -2.28. The summed E-state index contributed by atoms with van der Waals surface area (Å²) in [4.78, 5) is 0. The van der Waals surface area contributed by atoms with Gasteiger partial charge in [0.1, 0.15) is 0 Å². The van der Waals surface area contributed by atoms with E-state index in [0.717, 1.165) is 26.1 Å². The maximum Gasteiger partial charge on any atom is 0.159 e. The molecule has 86 valence electrons. The number of hydrogen-bond acceptors (Lipinski definition) is 3. The van der Waals surface area contributed by atoms with Gasteiger partial charge in [0.25, 0.3) is 0 Å². The Morgan fingerprint density at radius 1 is 1.27 bits per heavy atom. The second-order valence-corrected chi connectivity index (χ2v) is 4.39. The largest absolute Gasteiger partial charge is 0.350 e. The summed E-state index contributed by atoms with van der Waals surface area (Å²) in [5.74, 6) is 0. The van der Waals surface area contributed by atoms with Gasteiger partial charge in [-0.1, -0.05) is 18.1 Å². The quantitative estimate of drug-likeness (QED) is 0.726. The Kier molecular flexibility index (Phi) is 4.18. The molecule has 0 bridgehead atoms. The lowest BCUT2D eigenvalue weighted by atomic mass is 10.00. The van der Waals surface area contributed by atoms with E-state index in [1.807, 2.05) is 0 Å². The first-order valence-electron chi connectivity index (χ1n) is 6.04. The zero-order valence-electron chi connectivity index (χ0n) is 9.28. The highest BCUT2D eigenvalue weighted by Gasteiger charge is 2.21. The van der Waals surface area contributed by atoms with Crippen molar-refractivity contribution in [3.63, 3.8) is 0 Å². The summed E-state index contributed by atoms with van der Waals surface area (Å²) in [6.07, 6.45) is 9.35. The third-order valence-corrected chi connectivity index (χ3v) is 3.19. The molecular formula is C12H21NO2. The zero-order valence-corrected chi connectivity index (χ0v) is 9.28. The summed E-state index contributed by atoms with van der Waals surface area (Å²) in [7, 11) is 0. The van der Waals surface area contributed by atoms with E-state index in [1.165, 1.54) is 31.3 Å². The van der Waals surface area contributed by atoms with Crippen molar-refractivity contribution in [1.82, 2.24) is 0 Å². The van der Waals surface area contributed by atoms with E-state index in [4.69, 9.17) is 15.2 Å². The van der Waals surface area contributed by atoms with Gasteiger partial charge in [0.15, 0.2) is 6.29 Å². The minimum absolute atomic E-state index is 0.0656. The predicted octanol–water partition coefficient (Wildman–Crippen LogP) is 1.97. The Morgan fingerprint density at radius 2 is 2.07 bits per heavy atom. The lowest BCUT2D eigenvalue weighted by Gasteiger charge is -2.18. The molecule has 0 aromatic carbocycles. The van der Waals surface area contributed by atoms with Crippen LogP contribution < -0.4 is 5.73 Å². The van der Waals surface area contributed by atoms with Gasteiger partial charge in [0, 0.05) is 12.5 Å². The lowest BCUT2D eigenvalue weighted by molar-refractivity contribution is -0.0488. The SMILES string of the molecule is NC(CC1OCCO1)C1=CCCCCC1. The average molecular weight is 211 g/mol. The van der Waals surface area contributed by atoms with Crippen LogP contribution in [0.4, 0.5) is 0 Å². The van der Waals surface area contributed by atoms with E-state index in [-0.39, 0.29) is 12.3 Å². The van der Waals surface area contributed by atoms with Crippen LogP contribution in [-0.4, -0.2) is 25.5 Å². The molecule has 1 unspecified atom stereocenters. The smallest absolute Gasteiger partial charge is 0.159 e. The predicted molar refractivity (Wildman–Crippen MR) is 59.5 cm³/mol. The first kappa shape index (κ1) is 11.1. The van der Waals surface area contributed by atoms with Gasteiger partial charge in [-0.3, -0.25) is 0 Å². The molecule has 3 nitrogen and oxygen atoms in total. The van der Waals surface area contributed by atoms with Crippen LogP contribution in [0.5, 0.6) is 0 Å². The third kappa shape index (κ3) is 3.30. The summed E-state index contributed by atoms with van der Waals surface area (Å²) < 4.78 is 10.8. The highest BCUT2D eigenvalue weighted by molar-refractivity contribution is 5.11. The summed E-state index contributed by atoms with van der Waals surface area (Å²) in [5.41, 5.74) is 7.58. The van der Waals surface area contributed by atoms with Gasteiger partial charge in [-0.15, -0.1) is 0 Å². The van der Waals surface area contributed by atoms with Crippen molar-refractivity contribution in [2.75, 3.05) is 13.2 Å². The van der Waals surface area contributed by atoms with Gasteiger partial charge in [0.2, 0.25) is 0 Å². The molecule has 1 atom stereocenters. The average Bonchev–Trinajstić information content (AvgIpc) is 2.58. The fourth-order valence-electron chi connectivity index (χ4n) is 2.28. The molecule has 15 heavy (non-hydrogen) atoms. The summed E-state index contributed by atoms with van der Waals surface area (Å²) >= 11 is 0. The number of rotatable bonds is 3. The molecule has 1 aliphatic heterocycles. The van der Waals surface area contributed by atoms with Crippen LogP contribution in [0.3, 0.4) is 0 Å². The molecule has 1 fully saturated rings. The van der Waals surface area contributed by atoms with Crippen LogP contribution in [0, 0.1) is 0 Å². The fourth-order valence-corrected chi connectivity index (χ4v) is 2.28. The maximum atomic E-state index is 6.17. The number of hydrogen-bond donors (Lipinski definition) is 1. The molecular weight excluding hydrogens is 190 g/mol. The van der Waals surface area contributed by atoms with Gasteiger partial charge in [-0.25, -0.2) is 0 Å². The van der Waals surface area contributed by atoms with E-state index < -0.39 is 0 Å². The fraction of sp³-hybridized carbons (Fsp3) is 0.833. The molecule has 0 aromatic heterocycles. The molecule has 2 rings (SSSR count). The minimum Gasteiger partial charge on any atom is -0.350 e. The third-order valence-electron chi connectivity index (χ3n) is 3.19. The Balaban J connectivity index is 1.82. The first-order valence-corrected chi connectivity index (χ1v) is 6.04. The van der Waals surface area contributed by atoms with E-state index in [2.05, 4.69) is 6.08 Å². The molecule has 3 heteroatoms. The number of allylic oxidation sites excluding steroid dienone is 1. The van der Waals surface area contributed by atoms with Crippen LogP contribution in [0.1, 0.15) is 38.5 Å². The molecule has 0 saturated carbocycles. The molecule has 1 saturated heterocycles. The van der Waals surface area contributed by atoms with Gasteiger partial charge >= 0.3 is 0 Å². The molecule has 2 N–H and O–H groups in total. The van der Waals surface area contributed by atoms with Crippen molar-refractivity contribution in [3.8, 4) is 0 Å². The second kappa shape index (κ2) is 5.64. The topological polar surface area (TPSA) is 44.5 Å². The zero-order chi connectivity index (χ0) is 10.5. The van der Waals surface area contributed by atoms with Crippen LogP contribution in [-0.2, 0) is 9.47 Å². The highest BCUT2D eigenvalue weighted by atomic mass is 16.7. The van der Waals surface area contributed by atoms with Crippen molar-refractivity contribution in [1.29, 1.82) is 0 Å². The number of nitrogens with two attached hydrogens (primary N) is 1. The van der Waals surface area contributed by atoms with E-state index >= 15 is 0 Å². The van der Waals surface area contributed by atoms with Crippen molar-refractivity contribution in [3.05, 3.63) is 11.6 Å². The summed E-state index contributed by atoms with van der Waals surface area (Å²) in [6, 6.07) is 0.131. The van der Waals surface area contributed by atoms with Crippen molar-refractivity contribution in [2.24, 2.45) is 5.73 Å². The molecule has 0 aromatic rings. The highest BCUT2D eigenvalue weighted by Crippen LogP contribution is 2.22. The Morgan fingerprint density at radius 3 is 2.87 bits per heavy atom. The monoisotopic (exact) mass is 211 g/mol.